The first-order valence-corrected chi connectivity index (χ1v) is 7.32. The number of amides is 1. The van der Waals surface area contributed by atoms with Gasteiger partial charge in [-0.1, -0.05) is 0 Å². The number of nitrogens with zero attached hydrogens (tertiary/aromatic N) is 4. The summed E-state index contributed by atoms with van der Waals surface area (Å²) in [6.07, 6.45) is -3.08. The molecule has 3 rings (SSSR count). The zero-order valence-electron chi connectivity index (χ0n) is 13.6. The summed E-state index contributed by atoms with van der Waals surface area (Å²) in [5.41, 5.74) is 0.884. The fraction of sp³-hybridized carbons (Fsp3) is 0.250. The Morgan fingerprint density at radius 3 is 2.56 bits per heavy atom. The van der Waals surface area contributed by atoms with Crippen LogP contribution in [0.3, 0.4) is 0 Å². The first kappa shape index (κ1) is 16.9. The van der Waals surface area contributed by atoms with E-state index in [9.17, 15) is 18.0 Å². The Hall–Kier alpha value is -2.97. The number of halogens is 3. The zero-order chi connectivity index (χ0) is 18.4. The molecule has 3 heterocycles. The van der Waals surface area contributed by atoms with Gasteiger partial charge in [0.15, 0.2) is 5.65 Å². The number of carbonyl (C=O) groups excluding carboxylic acids is 1. The minimum absolute atomic E-state index is 0.000999. The Balaban J connectivity index is 1.88. The van der Waals surface area contributed by atoms with Gasteiger partial charge in [0.25, 0.3) is 5.91 Å². The highest BCUT2D eigenvalue weighted by atomic mass is 19.4. The molecule has 0 saturated heterocycles. The molecule has 6 nitrogen and oxygen atoms in total. The van der Waals surface area contributed by atoms with Crippen molar-refractivity contribution < 1.29 is 18.0 Å². The van der Waals surface area contributed by atoms with E-state index in [0.29, 0.717) is 11.3 Å². The average molecular weight is 349 g/mol. The lowest BCUT2D eigenvalue weighted by molar-refractivity contribution is -0.141. The van der Waals surface area contributed by atoms with Gasteiger partial charge in [0.2, 0.25) is 0 Å². The third-order valence-corrected chi connectivity index (χ3v) is 3.74. The van der Waals surface area contributed by atoms with Gasteiger partial charge >= 0.3 is 6.18 Å². The molecule has 130 valence electrons. The largest absolute Gasteiger partial charge is 0.433 e. The molecule has 0 aliphatic rings. The summed E-state index contributed by atoms with van der Waals surface area (Å²) in [6, 6.07) is 3.62. The molecule has 3 aromatic rings. The normalized spacial score (nSPS) is 11.8. The molecule has 0 radical (unpaired) electrons. The van der Waals surface area contributed by atoms with Gasteiger partial charge in [0.05, 0.1) is 28.8 Å². The number of rotatable bonds is 2. The van der Waals surface area contributed by atoms with Gasteiger partial charge in [-0.15, -0.1) is 0 Å². The molecule has 3 aromatic heterocycles. The molecule has 1 amide bonds. The molecule has 0 bridgehead atoms. The molecular weight excluding hydrogens is 335 g/mol. The molecule has 9 heteroatoms. The SMILES string of the molecule is Cc1nc(C(F)(F)F)ccc1C(=O)Nc1cnc2c(c1)c(C)nn2C. The summed E-state index contributed by atoms with van der Waals surface area (Å²) in [4.78, 5) is 20.0. The van der Waals surface area contributed by atoms with Crippen LogP contribution >= 0.6 is 0 Å². The van der Waals surface area contributed by atoms with E-state index in [2.05, 4.69) is 20.4 Å². The predicted molar refractivity (Wildman–Crippen MR) is 85.2 cm³/mol. The Bertz CT molecular complexity index is 978. The van der Waals surface area contributed by atoms with E-state index in [-0.39, 0.29) is 11.3 Å². The predicted octanol–water partition coefficient (Wildman–Crippen LogP) is 3.25. The summed E-state index contributed by atoms with van der Waals surface area (Å²) in [5, 5.41) is 7.65. The van der Waals surface area contributed by atoms with Crippen molar-refractivity contribution in [1.29, 1.82) is 0 Å². The Morgan fingerprint density at radius 2 is 1.92 bits per heavy atom. The number of alkyl halides is 3. The quantitative estimate of drug-likeness (QED) is 0.771. The smallest absolute Gasteiger partial charge is 0.321 e. The fourth-order valence-electron chi connectivity index (χ4n) is 2.53. The van der Waals surface area contributed by atoms with Crippen LogP contribution in [0.2, 0.25) is 0 Å². The van der Waals surface area contributed by atoms with Crippen molar-refractivity contribution >= 4 is 22.6 Å². The second-order valence-corrected chi connectivity index (χ2v) is 5.59. The molecule has 0 aliphatic carbocycles. The lowest BCUT2D eigenvalue weighted by atomic mass is 10.1. The molecule has 0 unspecified atom stereocenters. The van der Waals surface area contributed by atoms with Gasteiger partial charge in [-0.05, 0) is 32.0 Å². The third-order valence-electron chi connectivity index (χ3n) is 3.74. The molecular formula is C16H14F3N5O. The molecule has 0 spiro atoms. The highest BCUT2D eigenvalue weighted by Crippen LogP contribution is 2.28. The number of hydrogen-bond donors (Lipinski definition) is 1. The van der Waals surface area contributed by atoms with E-state index < -0.39 is 17.8 Å². The summed E-state index contributed by atoms with van der Waals surface area (Å²) >= 11 is 0. The summed E-state index contributed by atoms with van der Waals surface area (Å²) in [5.74, 6) is -0.554. The zero-order valence-corrected chi connectivity index (χ0v) is 13.6. The standard InChI is InChI=1S/C16H14F3N5O/c1-8-11(4-5-13(21-8)16(17,18)19)15(25)22-10-6-12-9(2)23-24(3)14(12)20-7-10/h4-7H,1-3H3,(H,22,25). The van der Waals surface area contributed by atoms with E-state index in [4.69, 9.17) is 0 Å². The average Bonchev–Trinajstić information content (AvgIpc) is 2.80. The lowest BCUT2D eigenvalue weighted by Gasteiger charge is -2.10. The molecule has 0 fully saturated rings. The fourth-order valence-corrected chi connectivity index (χ4v) is 2.53. The second kappa shape index (κ2) is 5.83. The van der Waals surface area contributed by atoms with Gasteiger partial charge in [-0.2, -0.15) is 18.3 Å². The first-order chi connectivity index (χ1) is 11.7. The van der Waals surface area contributed by atoms with Crippen LogP contribution in [0.1, 0.15) is 27.4 Å². The highest BCUT2D eigenvalue weighted by Gasteiger charge is 2.33. The van der Waals surface area contributed by atoms with Crippen LogP contribution < -0.4 is 5.32 Å². The molecule has 25 heavy (non-hydrogen) atoms. The van der Waals surface area contributed by atoms with Gasteiger partial charge in [-0.25, -0.2) is 9.97 Å². The number of anilines is 1. The third kappa shape index (κ3) is 3.17. The van der Waals surface area contributed by atoms with Crippen LogP contribution in [0.25, 0.3) is 11.0 Å². The van der Waals surface area contributed by atoms with Crippen molar-refractivity contribution in [3.05, 3.63) is 47.0 Å². The summed E-state index contributed by atoms with van der Waals surface area (Å²) in [6.45, 7) is 3.18. The Kier molecular flexibility index (Phi) is 3.94. The van der Waals surface area contributed by atoms with E-state index in [0.717, 1.165) is 23.2 Å². The maximum Gasteiger partial charge on any atom is 0.433 e. The number of carbonyl (C=O) groups is 1. The Morgan fingerprint density at radius 1 is 1.20 bits per heavy atom. The second-order valence-electron chi connectivity index (χ2n) is 5.59. The molecule has 1 N–H and O–H groups in total. The highest BCUT2D eigenvalue weighted by molar-refractivity contribution is 6.05. The number of nitrogens with one attached hydrogen (secondary N) is 1. The first-order valence-electron chi connectivity index (χ1n) is 7.32. The number of hydrogen-bond acceptors (Lipinski definition) is 4. The topological polar surface area (TPSA) is 72.7 Å². The van der Waals surface area contributed by atoms with Crippen molar-refractivity contribution in [2.75, 3.05) is 5.32 Å². The van der Waals surface area contributed by atoms with E-state index in [1.807, 2.05) is 6.92 Å². The monoisotopic (exact) mass is 349 g/mol. The summed E-state index contributed by atoms with van der Waals surface area (Å²) in [7, 11) is 1.76. The maximum atomic E-state index is 12.7. The lowest BCUT2D eigenvalue weighted by Crippen LogP contribution is -2.16. The van der Waals surface area contributed by atoms with Crippen LogP contribution in [-0.2, 0) is 13.2 Å². The van der Waals surface area contributed by atoms with Crippen LogP contribution in [-0.4, -0.2) is 25.7 Å². The van der Waals surface area contributed by atoms with Crippen LogP contribution in [0.4, 0.5) is 18.9 Å². The van der Waals surface area contributed by atoms with Gasteiger partial charge in [0, 0.05) is 12.4 Å². The van der Waals surface area contributed by atoms with Crippen molar-refractivity contribution in [2.45, 2.75) is 20.0 Å². The summed E-state index contributed by atoms with van der Waals surface area (Å²) < 4.78 is 39.6. The number of fused-ring (bicyclic) bond motifs is 1. The van der Waals surface area contributed by atoms with Crippen LogP contribution in [0, 0.1) is 13.8 Å². The van der Waals surface area contributed by atoms with Crippen molar-refractivity contribution in [2.24, 2.45) is 7.05 Å². The van der Waals surface area contributed by atoms with E-state index >= 15 is 0 Å². The maximum absolute atomic E-state index is 12.7. The van der Waals surface area contributed by atoms with Crippen molar-refractivity contribution in [3.8, 4) is 0 Å². The molecule has 0 atom stereocenters. The van der Waals surface area contributed by atoms with Crippen molar-refractivity contribution in [3.63, 3.8) is 0 Å². The van der Waals surface area contributed by atoms with Gasteiger partial charge < -0.3 is 5.32 Å². The molecule has 0 aliphatic heterocycles. The van der Waals surface area contributed by atoms with Crippen LogP contribution in [0.15, 0.2) is 24.4 Å². The van der Waals surface area contributed by atoms with E-state index in [1.165, 1.54) is 13.1 Å². The minimum Gasteiger partial charge on any atom is -0.321 e. The van der Waals surface area contributed by atoms with Crippen LogP contribution in [0.5, 0.6) is 0 Å². The number of aromatic nitrogens is 4. The Labute approximate surface area is 140 Å². The van der Waals surface area contributed by atoms with Gasteiger partial charge in [-0.3, -0.25) is 9.48 Å². The van der Waals surface area contributed by atoms with E-state index in [1.54, 1.807) is 17.8 Å². The molecule has 0 aromatic carbocycles. The number of aryl methyl sites for hydroxylation is 3. The van der Waals surface area contributed by atoms with Crippen molar-refractivity contribution in [1.82, 2.24) is 19.7 Å². The number of pyridine rings is 2. The molecule has 0 saturated carbocycles. The minimum atomic E-state index is -4.55. The van der Waals surface area contributed by atoms with Gasteiger partial charge in [0.1, 0.15) is 5.69 Å².